The molecule has 0 aliphatic carbocycles. The molecule has 0 aliphatic rings. The minimum Gasteiger partial charge on any atom is -0.352 e. The topological polar surface area (TPSA) is 49.4 Å². The van der Waals surface area contributed by atoms with Crippen molar-refractivity contribution in [3.8, 4) is 0 Å². The van der Waals surface area contributed by atoms with Crippen LogP contribution in [0.5, 0.6) is 0 Å². The molecule has 0 saturated carbocycles. The third-order valence-electron chi connectivity index (χ3n) is 5.21. The summed E-state index contributed by atoms with van der Waals surface area (Å²) in [5.41, 5.74) is 3.10. The Balaban J connectivity index is 2.15. The molecular formula is C24H31ClN2O2. The number of carbonyl (C=O) groups excluding carboxylic acids is 2. The molecule has 5 heteroatoms. The number of halogens is 1. The van der Waals surface area contributed by atoms with E-state index in [0.29, 0.717) is 24.4 Å². The molecule has 2 atom stereocenters. The molecular weight excluding hydrogens is 384 g/mol. The second kappa shape index (κ2) is 11.0. The standard InChI is InChI=1S/C24H31ClN2O2/c1-5-18(3)26-24(29)19(4)27(16-20-12-10-17(2)11-13-20)23(28)15-14-21-8-6-7-9-22(21)25/h6-13,18-19H,5,14-16H2,1-4H3,(H,26,29)/t18-,19-/m0/s1. The Morgan fingerprint density at radius 2 is 1.72 bits per heavy atom. The van der Waals surface area contributed by atoms with E-state index in [-0.39, 0.29) is 17.9 Å². The highest BCUT2D eigenvalue weighted by Gasteiger charge is 2.26. The molecule has 2 aromatic rings. The first kappa shape index (κ1) is 23.0. The third kappa shape index (κ3) is 6.90. The third-order valence-corrected chi connectivity index (χ3v) is 5.58. The van der Waals surface area contributed by atoms with Crippen molar-refractivity contribution >= 4 is 23.4 Å². The number of hydrogen-bond acceptors (Lipinski definition) is 2. The zero-order valence-electron chi connectivity index (χ0n) is 17.7. The van der Waals surface area contributed by atoms with Gasteiger partial charge in [0.2, 0.25) is 11.8 Å². The van der Waals surface area contributed by atoms with Gasteiger partial charge in [0.15, 0.2) is 0 Å². The number of hydrogen-bond donors (Lipinski definition) is 1. The number of nitrogens with zero attached hydrogens (tertiary/aromatic N) is 1. The first-order valence-corrected chi connectivity index (χ1v) is 10.6. The maximum Gasteiger partial charge on any atom is 0.242 e. The zero-order valence-corrected chi connectivity index (χ0v) is 18.5. The van der Waals surface area contributed by atoms with Crippen LogP contribution in [0.1, 0.15) is 50.3 Å². The molecule has 0 radical (unpaired) electrons. The first-order chi connectivity index (χ1) is 13.8. The zero-order chi connectivity index (χ0) is 21.4. The predicted molar refractivity (Wildman–Crippen MR) is 119 cm³/mol. The average Bonchev–Trinajstić information content (AvgIpc) is 2.71. The Morgan fingerprint density at radius 3 is 2.34 bits per heavy atom. The van der Waals surface area contributed by atoms with Gasteiger partial charge in [0.1, 0.15) is 6.04 Å². The van der Waals surface area contributed by atoms with Crippen LogP contribution < -0.4 is 5.32 Å². The lowest BCUT2D eigenvalue weighted by atomic mass is 10.1. The van der Waals surface area contributed by atoms with Crippen LogP contribution in [0.15, 0.2) is 48.5 Å². The van der Waals surface area contributed by atoms with Crippen LogP contribution in [-0.2, 0) is 22.6 Å². The molecule has 29 heavy (non-hydrogen) atoms. The number of rotatable bonds is 9. The van der Waals surface area contributed by atoms with E-state index in [9.17, 15) is 9.59 Å². The molecule has 0 heterocycles. The molecule has 1 N–H and O–H groups in total. The van der Waals surface area contributed by atoms with Crippen LogP contribution in [0.2, 0.25) is 5.02 Å². The summed E-state index contributed by atoms with van der Waals surface area (Å²) < 4.78 is 0. The molecule has 0 spiro atoms. The highest BCUT2D eigenvalue weighted by Crippen LogP contribution is 2.18. The van der Waals surface area contributed by atoms with Crippen molar-refractivity contribution in [2.75, 3.05) is 0 Å². The summed E-state index contributed by atoms with van der Waals surface area (Å²) in [6, 6.07) is 15.1. The van der Waals surface area contributed by atoms with Gasteiger partial charge in [-0.15, -0.1) is 0 Å². The summed E-state index contributed by atoms with van der Waals surface area (Å²) in [4.78, 5) is 27.5. The largest absolute Gasteiger partial charge is 0.352 e. The maximum atomic E-state index is 13.1. The fourth-order valence-electron chi connectivity index (χ4n) is 3.02. The van der Waals surface area contributed by atoms with E-state index < -0.39 is 6.04 Å². The molecule has 0 aliphatic heterocycles. The van der Waals surface area contributed by atoms with Crippen molar-refractivity contribution < 1.29 is 9.59 Å². The van der Waals surface area contributed by atoms with Crippen molar-refractivity contribution in [2.24, 2.45) is 0 Å². The van der Waals surface area contributed by atoms with Crippen LogP contribution in [-0.4, -0.2) is 28.8 Å². The fourth-order valence-corrected chi connectivity index (χ4v) is 3.25. The van der Waals surface area contributed by atoms with Gasteiger partial charge in [0, 0.05) is 24.0 Å². The van der Waals surface area contributed by atoms with Crippen LogP contribution >= 0.6 is 11.6 Å². The summed E-state index contributed by atoms with van der Waals surface area (Å²) in [6.07, 6.45) is 1.69. The molecule has 0 aromatic heterocycles. The quantitative estimate of drug-likeness (QED) is 0.633. The van der Waals surface area contributed by atoms with E-state index in [1.807, 2.05) is 69.3 Å². The van der Waals surface area contributed by atoms with Crippen LogP contribution in [0, 0.1) is 6.92 Å². The molecule has 0 unspecified atom stereocenters. The molecule has 4 nitrogen and oxygen atoms in total. The van der Waals surface area contributed by atoms with Gasteiger partial charge in [-0.25, -0.2) is 0 Å². The van der Waals surface area contributed by atoms with Crippen molar-refractivity contribution in [1.29, 1.82) is 0 Å². The molecule has 156 valence electrons. The lowest BCUT2D eigenvalue weighted by Crippen LogP contribution is -2.49. The Bertz CT molecular complexity index is 820. The predicted octanol–water partition coefficient (Wildman–Crippen LogP) is 4.91. The van der Waals surface area contributed by atoms with Gasteiger partial charge >= 0.3 is 0 Å². The molecule has 2 aromatic carbocycles. The van der Waals surface area contributed by atoms with E-state index >= 15 is 0 Å². The highest BCUT2D eigenvalue weighted by atomic mass is 35.5. The minimum absolute atomic E-state index is 0.0581. The number of benzene rings is 2. The number of aryl methyl sites for hydroxylation is 2. The van der Waals surface area contributed by atoms with Gasteiger partial charge in [-0.1, -0.05) is 66.6 Å². The Labute approximate surface area is 179 Å². The molecule has 2 rings (SSSR count). The smallest absolute Gasteiger partial charge is 0.242 e. The van der Waals surface area contributed by atoms with Crippen molar-refractivity contribution in [3.63, 3.8) is 0 Å². The van der Waals surface area contributed by atoms with Gasteiger partial charge in [-0.3, -0.25) is 9.59 Å². The fraction of sp³-hybridized carbons (Fsp3) is 0.417. The molecule has 0 fully saturated rings. The molecule has 0 bridgehead atoms. The SMILES string of the molecule is CC[C@H](C)NC(=O)[C@H](C)N(Cc1ccc(C)cc1)C(=O)CCc1ccccc1Cl. The van der Waals surface area contributed by atoms with Crippen LogP contribution in [0.4, 0.5) is 0 Å². The van der Waals surface area contributed by atoms with E-state index in [1.54, 1.807) is 11.8 Å². The Hall–Kier alpha value is -2.33. The van der Waals surface area contributed by atoms with E-state index in [0.717, 1.165) is 23.1 Å². The lowest BCUT2D eigenvalue weighted by Gasteiger charge is -2.30. The Kier molecular flexibility index (Phi) is 8.71. The van der Waals surface area contributed by atoms with Crippen molar-refractivity contribution in [2.45, 2.75) is 65.6 Å². The molecule has 0 saturated heterocycles. The second-order valence-electron chi connectivity index (χ2n) is 7.59. The van der Waals surface area contributed by atoms with Gasteiger partial charge < -0.3 is 10.2 Å². The minimum atomic E-state index is -0.552. The highest BCUT2D eigenvalue weighted by molar-refractivity contribution is 6.31. The number of nitrogens with one attached hydrogen (secondary N) is 1. The normalized spacial score (nSPS) is 12.9. The van der Waals surface area contributed by atoms with E-state index in [1.165, 1.54) is 0 Å². The molecule has 2 amide bonds. The maximum absolute atomic E-state index is 13.1. The van der Waals surface area contributed by atoms with Gasteiger partial charge in [-0.05, 0) is 50.8 Å². The van der Waals surface area contributed by atoms with Crippen LogP contribution in [0.25, 0.3) is 0 Å². The van der Waals surface area contributed by atoms with Gasteiger partial charge in [-0.2, -0.15) is 0 Å². The summed E-state index contributed by atoms with van der Waals surface area (Å²) in [6.45, 7) is 8.21. The Morgan fingerprint density at radius 1 is 1.07 bits per heavy atom. The number of amides is 2. The van der Waals surface area contributed by atoms with Crippen molar-refractivity contribution in [1.82, 2.24) is 10.2 Å². The average molecular weight is 415 g/mol. The summed E-state index contributed by atoms with van der Waals surface area (Å²) in [7, 11) is 0. The van der Waals surface area contributed by atoms with Gasteiger partial charge in [0.05, 0.1) is 0 Å². The first-order valence-electron chi connectivity index (χ1n) is 10.2. The summed E-state index contributed by atoms with van der Waals surface area (Å²) in [5, 5.41) is 3.65. The monoisotopic (exact) mass is 414 g/mol. The summed E-state index contributed by atoms with van der Waals surface area (Å²) in [5.74, 6) is -0.185. The van der Waals surface area contributed by atoms with Gasteiger partial charge in [0.25, 0.3) is 0 Å². The van der Waals surface area contributed by atoms with E-state index in [4.69, 9.17) is 11.6 Å². The lowest BCUT2D eigenvalue weighted by molar-refractivity contribution is -0.140. The van der Waals surface area contributed by atoms with E-state index in [2.05, 4.69) is 5.32 Å². The second-order valence-corrected chi connectivity index (χ2v) is 8.00. The van der Waals surface area contributed by atoms with Crippen LogP contribution in [0.3, 0.4) is 0 Å². The van der Waals surface area contributed by atoms with Crippen molar-refractivity contribution in [3.05, 3.63) is 70.2 Å². The number of carbonyl (C=O) groups is 2. The summed E-state index contributed by atoms with van der Waals surface area (Å²) >= 11 is 6.23.